The van der Waals surface area contributed by atoms with Gasteiger partial charge in [0.05, 0.1) is 18.8 Å². The highest BCUT2D eigenvalue weighted by Gasteiger charge is 2.18. The molecule has 0 atom stereocenters. The molecular formula is C11H23NO4. The average molecular weight is 233 g/mol. The molecule has 0 saturated carbocycles. The third-order valence-corrected chi connectivity index (χ3v) is 2.55. The van der Waals surface area contributed by atoms with Crippen LogP contribution in [0, 0.1) is 0 Å². The summed E-state index contributed by atoms with van der Waals surface area (Å²) >= 11 is 0. The van der Waals surface area contributed by atoms with E-state index in [2.05, 4.69) is 0 Å². The molecule has 0 saturated heterocycles. The number of carbonyl (C=O) groups is 1. The number of methoxy groups -OCH3 is 2. The van der Waals surface area contributed by atoms with Gasteiger partial charge in [0.15, 0.2) is 0 Å². The van der Waals surface area contributed by atoms with E-state index in [1.54, 1.807) is 14.2 Å². The Hall–Kier alpha value is -0.650. The maximum atomic E-state index is 10.7. The van der Waals surface area contributed by atoms with Crippen molar-refractivity contribution in [3.8, 4) is 0 Å². The van der Waals surface area contributed by atoms with Crippen LogP contribution in [0.25, 0.3) is 0 Å². The lowest BCUT2D eigenvalue weighted by Crippen LogP contribution is -2.37. The molecule has 0 aliphatic carbocycles. The number of aliphatic carboxylic acids is 1. The van der Waals surface area contributed by atoms with Crippen molar-refractivity contribution >= 4 is 5.97 Å². The third kappa shape index (κ3) is 7.62. The summed E-state index contributed by atoms with van der Waals surface area (Å²) in [5.41, 5.74) is -0.218. The second-order valence-electron chi connectivity index (χ2n) is 4.38. The van der Waals surface area contributed by atoms with Crippen LogP contribution in [0.3, 0.4) is 0 Å². The van der Waals surface area contributed by atoms with Gasteiger partial charge >= 0.3 is 5.97 Å². The molecule has 0 heterocycles. The zero-order valence-electron chi connectivity index (χ0n) is 10.7. The van der Waals surface area contributed by atoms with Crippen LogP contribution in [-0.2, 0) is 14.3 Å². The Morgan fingerprint density at radius 3 is 2.38 bits per heavy atom. The van der Waals surface area contributed by atoms with Crippen LogP contribution < -0.4 is 0 Å². The summed E-state index contributed by atoms with van der Waals surface area (Å²) in [4.78, 5) is 12.5. The normalized spacial score (nSPS) is 12.1. The molecule has 0 aromatic heterocycles. The van der Waals surface area contributed by atoms with Crippen molar-refractivity contribution in [3.05, 3.63) is 0 Å². The van der Waals surface area contributed by atoms with Gasteiger partial charge in [-0.1, -0.05) is 0 Å². The van der Waals surface area contributed by atoms with Crippen LogP contribution in [0.2, 0.25) is 0 Å². The van der Waals surface area contributed by atoms with Gasteiger partial charge in [-0.25, -0.2) is 0 Å². The molecule has 0 unspecified atom stereocenters. The van der Waals surface area contributed by atoms with Crippen molar-refractivity contribution in [2.75, 3.05) is 40.5 Å². The van der Waals surface area contributed by atoms with Crippen molar-refractivity contribution in [2.24, 2.45) is 0 Å². The van der Waals surface area contributed by atoms with Crippen LogP contribution in [0.4, 0.5) is 0 Å². The van der Waals surface area contributed by atoms with E-state index in [1.165, 1.54) is 0 Å². The van der Waals surface area contributed by atoms with Gasteiger partial charge in [-0.2, -0.15) is 0 Å². The van der Waals surface area contributed by atoms with Crippen LogP contribution in [0.15, 0.2) is 0 Å². The molecule has 0 aliphatic rings. The first-order valence-electron chi connectivity index (χ1n) is 5.39. The van der Waals surface area contributed by atoms with E-state index in [0.29, 0.717) is 19.7 Å². The molecule has 0 spiro atoms. The van der Waals surface area contributed by atoms with Gasteiger partial charge in [-0.3, -0.25) is 9.69 Å². The van der Waals surface area contributed by atoms with E-state index in [-0.39, 0.29) is 12.1 Å². The minimum atomic E-state index is -0.814. The van der Waals surface area contributed by atoms with Crippen LogP contribution in [-0.4, -0.2) is 62.0 Å². The largest absolute Gasteiger partial charge is 0.480 e. The van der Waals surface area contributed by atoms with Gasteiger partial charge in [-0.05, 0) is 20.3 Å². The summed E-state index contributed by atoms with van der Waals surface area (Å²) in [6, 6.07) is 0. The summed E-state index contributed by atoms with van der Waals surface area (Å²) in [5.74, 6) is -0.814. The van der Waals surface area contributed by atoms with Crippen molar-refractivity contribution < 1.29 is 19.4 Å². The first-order chi connectivity index (χ1) is 7.41. The summed E-state index contributed by atoms with van der Waals surface area (Å²) in [6.07, 6.45) is 0.792. The maximum Gasteiger partial charge on any atom is 0.317 e. The summed E-state index contributed by atoms with van der Waals surface area (Å²) in [5, 5.41) is 8.76. The summed E-state index contributed by atoms with van der Waals surface area (Å²) < 4.78 is 10.2. The number of carboxylic acids is 1. The molecule has 0 rings (SSSR count). The Balaban J connectivity index is 4.04. The Kier molecular flexibility index (Phi) is 7.29. The third-order valence-electron chi connectivity index (χ3n) is 2.55. The molecular weight excluding hydrogens is 210 g/mol. The minimum absolute atomic E-state index is 0.0448. The molecule has 0 aromatic carbocycles. The Labute approximate surface area is 97.3 Å². The first-order valence-corrected chi connectivity index (χ1v) is 5.39. The van der Waals surface area contributed by atoms with E-state index >= 15 is 0 Å². The molecule has 5 heteroatoms. The number of hydrogen-bond donors (Lipinski definition) is 1. The zero-order chi connectivity index (χ0) is 12.6. The van der Waals surface area contributed by atoms with Crippen molar-refractivity contribution in [1.82, 2.24) is 4.90 Å². The molecule has 0 aliphatic heterocycles. The highest BCUT2D eigenvalue weighted by atomic mass is 16.5. The Morgan fingerprint density at radius 2 is 1.94 bits per heavy atom. The molecule has 96 valence electrons. The highest BCUT2D eigenvalue weighted by Crippen LogP contribution is 2.13. The predicted molar refractivity (Wildman–Crippen MR) is 61.7 cm³/mol. The average Bonchev–Trinajstić information content (AvgIpc) is 2.21. The fraction of sp³-hybridized carbons (Fsp3) is 0.909. The molecule has 1 N–H and O–H groups in total. The second-order valence-corrected chi connectivity index (χ2v) is 4.38. The Morgan fingerprint density at radius 1 is 1.31 bits per heavy atom. The lowest BCUT2D eigenvalue weighted by atomic mass is 10.1. The standard InChI is InChI=1S/C11H23NO4/c1-11(2,16-4)5-6-12(7-8-15-3)9-10(13)14/h5-9H2,1-4H3,(H,13,14). The predicted octanol–water partition coefficient (Wildman–Crippen LogP) is 0.835. The second kappa shape index (κ2) is 7.60. The van der Waals surface area contributed by atoms with Gasteiger partial charge in [0.1, 0.15) is 0 Å². The number of rotatable bonds is 9. The van der Waals surface area contributed by atoms with Gasteiger partial charge < -0.3 is 14.6 Å². The number of ether oxygens (including phenoxy) is 2. The number of hydrogen-bond acceptors (Lipinski definition) is 4. The van der Waals surface area contributed by atoms with Gasteiger partial charge in [-0.15, -0.1) is 0 Å². The van der Waals surface area contributed by atoms with E-state index in [1.807, 2.05) is 18.7 Å². The summed E-state index contributed by atoms with van der Waals surface area (Å²) in [6.45, 7) is 5.88. The number of carboxylic acid groups (broad SMARTS) is 1. The smallest absolute Gasteiger partial charge is 0.317 e. The monoisotopic (exact) mass is 233 g/mol. The minimum Gasteiger partial charge on any atom is -0.480 e. The Bertz CT molecular complexity index is 206. The first kappa shape index (κ1) is 15.3. The van der Waals surface area contributed by atoms with E-state index < -0.39 is 5.97 Å². The topological polar surface area (TPSA) is 59.0 Å². The van der Waals surface area contributed by atoms with Gasteiger partial charge in [0, 0.05) is 27.3 Å². The van der Waals surface area contributed by atoms with Gasteiger partial charge in [0.2, 0.25) is 0 Å². The van der Waals surface area contributed by atoms with Crippen LogP contribution in [0.5, 0.6) is 0 Å². The van der Waals surface area contributed by atoms with Crippen molar-refractivity contribution in [1.29, 1.82) is 0 Å². The molecule has 5 nitrogen and oxygen atoms in total. The quantitative estimate of drug-likeness (QED) is 0.639. The SMILES string of the molecule is COCCN(CCC(C)(C)OC)CC(=O)O. The van der Waals surface area contributed by atoms with Crippen molar-refractivity contribution in [3.63, 3.8) is 0 Å². The van der Waals surface area contributed by atoms with Crippen LogP contribution >= 0.6 is 0 Å². The number of nitrogens with zero attached hydrogens (tertiary/aromatic N) is 1. The molecule has 0 radical (unpaired) electrons. The van der Waals surface area contributed by atoms with Crippen molar-refractivity contribution in [2.45, 2.75) is 25.9 Å². The lowest BCUT2D eigenvalue weighted by molar-refractivity contribution is -0.138. The fourth-order valence-corrected chi connectivity index (χ4v) is 1.21. The van der Waals surface area contributed by atoms with E-state index in [4.69, 9.17) is 14.6 Å². The van der Waals surface area contributed by atoms with E-state index in [9.17, 15) is 4.79 Å². The maximum absolute atomic E-state index is 10.7. The molecule has 0 fully saturated rings. The van der Waals surface area contributed by atoms with E-state index in [0.717, 1.165) is 6.42 Å². The van der Waals surface area contributed by atoms with Gasteiger partial charge in [0.25, 0.3) is 0 Å². The molecule has 0 amide bonds. The summed E-state index contributed by atoms with van der Waals surface area (Å²) in [7, 11) is 3.27. The highest BCUT2D eigenvalue weighted by molar-refractivity contribution is 5.69. The molecule has 16 heavy (non-hydrogen) atoms. The lowest BCUT2D eigenvalue weighted by Gasteiger charge is -2.27. The molecule has 0 bridgehead atoms. The van der Waals surface area contributed by atoms with Crippen LogP contribution in [0.1, 0.15) is 20.3 Å². The fourth-order valence-electron chi connectivity index (χ4n) is 1.21. The molecule has 0 aromatic rings. The zero-order valence-corrected chi connectivity index (χ0v) is 10.7.